The number of nitrogens with one attached hydrogen (secondary N) is 1. The first-order chi connectivity index (χ1) is 11.5. The lowest BCUT2D eigenvalue weighted by Crippen LogP contribution is -2.15. The molecule has 126 valence electrons. The number of carboxylic acid groups (broad SMARTS) is 1. The van der Waals surface area contributed by atoms with E-state index in [9.17, 15) is 14.0 Å². The number of nitrogens with zero attached hydrogens (tertiary/aromatic N) is 1. The maximum Gasteiger partial charge on any atom is 0.307 e. The highest BCUT2D eigenvalue weighted by molar-refractivity contribution is 6.04. The number of carbonyl (C=O) groups excluding carboxylic acids is 1. The van der Waals surface area contributed by atoms with E-state index >= 15 is 0 Å². The van der Waals surface area contributed by atoms with Crippen LogP contribution in [-0.2, 0) is 24.1 Å². The summed E-state index contributed by atoms with van der Waals surface area (Å²) in [6.07, 6.45) is 4.19. The molecule has 1 aromatic carbocycles. The molecule has 24 heavy (non-hydrogen) atoms. The van der Waals surface area contributed by atoms with Gasteiger partial charge >= 0.3 is 5.97 Å². The van der Waals surface area contributed by atoms with E-state index in [1.807, 2.05) is 0 Å². The van der Waals surface area contributed by atoms with Gasteiger partial charge in [0.1, 0.15) is 11.6 Å². The molecule has 0 unspecified atom stereocenters. The average Bonchev–Trinajstić information content (AvgIpc) is 2.79. The number of benzene rings is 1. The molecule has 1 aliphatic rings. The van der Waals surface area contributed by atoms with Gasteiger partial charge < -0.3 is 14.9 Å². The molecule has 2 aromatic rings. The van der Waals surface area contributed by atoms with Crippen molar-refractivity contribution < 1.29 is 23.6 Å². The van der Waals surface area contributed by atoms with Crippen LogP contribution in [0, 0.1) is 5.82 Å². The minimum Gasteiger partial charge on any atom is -0.481 e. The smallest absolute Gasteiger partial charge is 0.307 e. The van der Waals surface area contributed by atoms with Crippen LogP contribution in [0.1, 0.15) is 46.6 Å². The standard InChI is InChI=1S/C17H17FN2O4/c18-13-9-11(7-6-10(13)8-15(21)22)19-17(23)16-12-4-2-1-3-5-14(12)24-20-16/h6-7,9H,1-5,8H2,(H,19,23)(H,21,22). The van der Waals surface area contributed by atoms with Crippen LogP contribution in [-0.4, -0.2) is 22.1 Å². The predicted octanol–water partition coefficient (Wildman–Crippen LogP) is 2.96. The Labute approximate surface area is 137 Å². The molecule has 0 saturated carbocycles. The molecule has 0 spiro atoms. The van der Waals surface area contributed by atoms with Gasteiger partial charge in [-0.3, -0.25) is 9.59 Å². The van der Waals surface area contributed by atoms with Crippen molar-refractivity contribution in [3.05, 3.63) is 46.6 Å². The fourth-order valence-corrected chi connectivity index (χ4v) is 2.86. The number of fused-ring (bicyclic) bond motifs is 1. The highest BCUT2D eigenvalue weighted by Gasteiger charge is 2.23. The normalized spacial score (nSPS) is 13.9. The zero-order valence-electron chi connectivity index (χ0n) is 13.0. The van der Waals surface area contributed by atoms with Gasteiger partial charge in [-0.2, -0.15) is 0 Å². The maximum absolute atomic E-state index is 13.9. The number of hydrogen-bond acceptors (Lipinski definition) is 4. The first kappa shape index (κ1) is 16.2. The molecule has 1 amide bonds. The summed E-state index contributed by atoms with van der Waals surface area (Å²) in [5.74, 6) is -1.49. The Morgan fingerprint density at radius 1 is 1.25 bits per heavy atom. The summed E-state index contributed by atoms with van der Waals surface area (Å²) in [5, 5.41) is 15.2. The molecule has 3 rings (SSSR count). The largest absolute Gasteiger partial charge is 0.481 e. The highest BCUT2D eigenvalue weighted by atomic mass is 19.1. The van der Waals surface area contributed by atoms with Gasteiger partial charge in [-0.1, -0.05) is 17.6 Å². The first-order valence-electron chi connectivity index (χ1n) is 7.83. The Morgan fingerprint density at radius 3 is 2.79 bits per heavy atom. The number of anilines is 1. The molecule has 0 saturated heterocycles. The van der Waals surface area contributed by atoms with E-state index in [2.05, 4.69) is 10.5 Å². The zero-order chi connectivity index (χ0) is 17.1. The van der Waals surface area contributed by atoms with E-state index in [1.54, 1.807) is 0 Å². The molecule has 0 radical (unpaired) electrons. The van der Waals surface area contributed by atoms with Gasteiger partial charge in [0.15, 0.2) is 5.69 Å². The molecule has 0 atom stereocenters. The van der Waals surface area contributed by atoms with Crippen LogP contribution in [0.15, 0.2) is 22.7 Å². The molecule has 7 heteroatoms. The number of carboxylic acids is 1. The third-order valence-electron chi connectivity index (χ3n) is 4.07. The van der Waals surface area contributed by atoms with Crippen LogP contribution in [0.2, 0.25) is 0 Å². The summed E-state index contributed by atoms with van der Waals surface area (Å²) in [6.45, 7) is 0. The summed E-state index contributed by atoms with van der Waals surface area (Å²) in [7, 11) is 0. The molecular formula is C17H17FN2O4. The van der Waals surface area contributed by atoms with E-state index in [4.69, 9.17) is 9.63 Å². The van der Waals surface area contributed by atoms with Gasteiger partial charge in [0.2, 0.25) is 0 Å². The average molecular weight is 332 g/mol. The molecular weight excluding hydrogens is 315 g/mol. The number of halogens is 1. The second-order valence-electron chi connectivity index (χ2n) is 5.82. The third kappa shape index (κ3) is 3.45. The summed E-state index contributed by atoms with van der Waals surface area (Å²) < 4.78 is 19.1. The van der Waals surface area contributed by atoms with Crippen molar-refractivity contribution >= 4 is 17.6 Å². The van der Waals surface area contributed by atoms with Crippen LogP contribution >= 0.6 is 0 Å². The molecule has 1 heterocycles. The monoisotopic (exact) mass is 332 g/mol. The van der Waals surface area contributed by atoms with Crippen LogP contribution in [0.25, 0.3) is 0 Å². The Kier molecular flexibility index (Phi) is 4.59. The number of aliphatic carboxylic acids is 1. The Morgan fingerprint density at radius 2 is 2.04 bits per heavy atom. The SMILES string of the molecule is O=C(O)Cc1ccc(NC(=O)c2noc3c2CCCCC3)cc1F. The molecule has 1 aromatic heterocycles. The van der Waals surface area contributed by atoms with E-state index < -0.39 is 24.1 Å². The molecule has 2 N–H and O–H groups in total. The second kappa shape index (κ2) is 6.82. The zero-order valence-corrected chi connectivity index (χ0v) is 13.0. The fourth-order valence-electron chi connectivity index (χ4n) is 2.86. The van der Waals surface area contributed by atoms with Crippen LogP contribution in [0.3, 0.4) is 0 Å². The highest BCUT2D eigenvalue weighted by Crippen LogP contribution is 2.24. The van der Waals surface area contributed by atoms with Crippen molar-refractivity contribution in [2.24, 2.45) is 0 Å². The lowest BCUT2D eigenvalue weighted by Gasteiger charge is -2.07. The van der Waals surface area contributed by atoms with Gasteiger partial charge in [0.25, 0.3) is 5.91 Å². The Bertz CT molecular complexity index is 785. The number of hydrogen-bond donors (Lipinski definition) is 2. The van der Waals surface area contributed by atoms with E-state index in [0.717, 1.165) is 49.5 Å². The first-order valence-corrected chi connectivity index (χ1v) is 7.83. The van der Waals surface area contributed by atoms with Gasteiger partial charge in [-0.15, -0.1) is 0 Å². The lowest BCUT2D eigenvalue weighted by molar-refractivity contribution is -0.136. The number of rotatable bonds is 4. The lowest BCUT2D eigenvalue weighted by atomic mass is 10.1. The van der Waals surface area contributed by atoms with Gasteiger partial charge in [-0.25, -0.2) is 4.39 Å². The summed E-state index contributed by atoms with van der Waals surface area (Å²) in [6, 6.07) is 3.93. The second-order valence-corrected chi connectivity index (χ2v) is 5.82. The number of aryl methyl sites for hydroxylation is 1. The molecule has 0 bridgehead atoms. The maximum atomic E-state index is 13.9. The summed E-state index contributed by atoms with van der Waals surface area (Å²) in [5.41, 5.74) is 1.38. The number of amides is 1. The molecule has 0 fully saturated rings. The third-order valence-corrected chi connectivity index (χ3v) is 4.07. The van der Waals surface area contributed by atoms with Crippen molar-refractivity contribution in [2.75, 3.05) is 5.32 Å². The quantitative estimate of drug-likeness (QED) is 0.840. The molecule has 6 nitrogen and oxygen atoms in total. The Balaban J connectivity index is 1.77. The Hall–Kier alpha value is -2.70. The number of carbonyl (C=O) groups is 2. The van der Waals surface area contributed by atoms with E-state index in [0.29, 0.717) is 0 Å². The fraction of sp³-hybridized carbons (Fsp3) is 0.353. The van der Waals surface area contributed by atoms with Gasteiger partial charge in [0.05, 0.1) is 6.42 Å². The van der Waals surface area contributed by atoms with Crippen molar-refractivity contribution in [1.29, 1.82) is 0 Å². The van der Waals surface area contributed by atoms with Gasteiger partial charge in [0, 0.05) is 17.7 Å². The number of aromatic nitrogens is 1. The summed E-state index contributed by atoms with van der Waals surface area (Å²) >= 11 is 0. The minimum atomic E-state index is -1.11. The van der Waals surface area contributed by atoms with E-state index in [-0.39, 0.29) is 16.9 Å². The van der Waals surface area contributed by atoms with Crippen LogP contribution < -0.4 is 5.32 Å². The predicted molar refractivity (Wildman–Crippen MR) is 83.5 cm³/mol. The topological polar surface area (TPSA) is 92.4 Å². The van der Waals surface area contributed by atoms with Crippen molar-refractivity contribution in [3.8, 4) is 0 Å². The van der Waals surface area contributed by atoms with E-state index in [1.165, 1.54) is 12.1 Å². The minimum absolute atomic E-state index is 0.0656. The van der Waals surface area contributed by atoms with Crippen LogP contribution in [0.5, 0.6) is 0 Å². The molecule has 1 aliphatic carbocycles. The summed E-state index contributed by atoms with van der Waals surface area (Å²) in [4.78, 5) is 23.0. The van der Waals surface area contributed by atoms with Crippen molar-refractivity contribution in [3.63, 3.8) is 0 Å². The van der Waals surface area contributed by atoms with Crippen LogP contribution in [0.4, 0.5) is 10.1 Å². The molecule has 0 aliphatic heterocycles. The van der Waals surface area contributed by atoms with Crippen molar-refractivity contribution in [1.82, 2.24) is 5.16 Å². The van der Waals surface area contributed by atoms with Crippen molar-refractivity contribution in [2.45, 2.75) is 38.5 Å². The van der Waals surface area contributed by atoms with Gasteiger partial charge in [-0.05, 0) is 37.0 Å².